The maximum absolute atomic E-state index is 13.7. The van der Waals surface area contributed by atoms with E-state index < -0.39 is 34.3 Å². The molecule has 0 spiro atoms. The Hall–Kier alpha value is -3.43. The summed E-state index contributed by atoms with van der Waals surface area (Å²) in [6, 6.07) is 17.0. The zero-order valence-corrected chi connectivity index (χ0v) is 22.4. The summed E-state index contributed by atoms with van der Waals surface area (Å²) in [6.45, 7) is 5.00. The molecule has 0 aliphatic carbocycles. The molecule has 0 aromatic heterocycles. The van der Waals surface area contributed by atoms with Gasteiger partial charge in [0.25, 0.3) is 10.0 Å². The molecule has 0 bridgehead atoms. The number of rotatable bonds is 10. The van der Waals surface area contributed by atoms with E-state index in [0.29, 0.717) is 17.1 Å². The predicted molar refractivity (Wildman–Crippen MR) is 142 cm³/mol. The minimum atomic E-state index is -4.20. The SMILES string of the molecule is CCNC(=O)[C@@H](C)N(Cc1ccc(Cl)cc1)C(=O)CN(c1ccc(F)cc1)S(=O)(=O)c1ccc(C)cc1. The van der Waals surface area contributed by atoms with Crippen LogP contribution in [0, 0.1) is 12.7 Å². The van der Waals surface area contributed by atoms with Gasteiger partial charge in [-0.05, 0) is 74.9 Å². The van der Waals surface area contributed by atoms with Crippen molar-refractivity contribution in [2.45, 2.75) is 38.3 Å². The summed E-state index contributed by atoms with van der Waals surface area (Å²) in [7, 11) is -4.20. The number of aryl methyl sites for hydroxylation is 1. The third-order valence-corrected chi connectivity index (χ3v) is 7.83. The Morgan fingerprint density at radius 1 is 0.973 bits per heavy atom. The second kappa shape index (κ2) is 12.2. The number of halogens is 2. The molecule has 0 heterocycles. The standard InChI is InChI=1S/C27H29ClFN3O4S/c1-4-30-27(34)20(3)31(17-21-7-9-22(28)10-8-21)26(33)18-32(24-13-11-23(29)12-14-24)37(35,36)25-15-5-19(2)6-16-25/h5-16,20H,4,17-18H2,1-3H3,(H,30,34)/t20-/m1/s1. The van der Waals surface area contributed by atoms with E-state index >= 15 is 0 Å². The van der Waals surface area contributed by atoms with Gasteiger partial charge in [-0.25, -0.2) is 12.8 Å². The van der Waals surface area contributed by atoms with Crippen LogP contribution in [-0.4, -0.2) is 44.3 Å². The Bertz CT molecular complexity index is 1330. The second-order valence-electron chi connectivity index (χ2n) is 8.52. The number of hydrogen-bond donors (Lipinski definition) is 1. The Labute approximate surface area is 221 Å². The van der Waals surface area contributed by atoms with Crippen molar-refractivity contribution in [2.75, 3.05) is 17.4 Å². The van der Waals surface area contributed by atoms with Crippen LogP contribution in [-0.2, 0) is 26.2 Å². The Morgan fingerprint density at radius 3 is 2.14 bits per heavy atom. The molecule has 3 rings (SSSR count). The van der Waals surface area contributed by atoms with E-state index in [0.717, 1.165) is 22.0 Å². The molecule has 37 heavy (non-hydrogen) atoms. The highest BCUT2D eigenvalue weighted by atomic mass is 35.5. The fourth-order valence-electron chi connectivity index (χ4n) is 3.66. The van der Waals surface area contributed by atoms with Gasteiger partial charge in [0.2, 0.25) is 11.8 Å². The van der Waals surface area contributed by atoms with Crippen molar-refractivity contribution in [3.63, 3.8) is 0 Å². The summed E-state index contributed by atoms with van der Waals surface area (Å²) in [4.78, 5) is 27.7. The molecule has 10 heteroatoms. The van der Waals surface area contributed by atoms with Crippen LogP contribution in [0.4, 0.5) is 10.1 Å². The first kappa shape index (κ1) is 28.1. The number of carbonyl (C=O) groups is 2. The molecule has 196 valence electrons. The number of amides is 2. The maximum atomic E-state index is 13.7. The fourth-order valence-corrected chi connectivity index (χ4v) is 5.20. The summed E-state index contributed by atoms with van der Waals surface area (Å²) in [5.74, 6) is -1.52. The molecule has 0 radical (unpaired) electrons. The van der Waals surface area contributed by atoms with Gasteiger partial charge in [0.1, 0.15) is 18.4 Å². The molecule has 7 nitrogen and oxygen atoms in total. The Morgan fingerprint density at radius 2 is 1.57 bits per heavy atom. The van der Waals surface area contributed by atoms with E-state index in [1.54, 1.807) is 50.2 Å². The quantitative estimate of drug-likeness (QED) is 0.405. The molecule has 0 saturated carbocycles. The van der Waals surface area contributed by atoms with E-state index in [-0.39, 0.29) is 23.0 Å². The first-order valence-corrected chi connectivity index (χ1v) is 13.5. The number of likely N-dealkylation sites (N-methyl/N-ethyl adjacent to an activating group) is 1. The normalized spacial score (nSPS) is 12.0. The first-order chi connectivity index (χ1) is 17.5. The van der Waals surface area contributed by atoms with Crippen LogP contribution in [0.25, 0.3) is 0 Å². The maximum Gasteiger partial charge on any atom is 0.264 e. The summed E-state index contributed by atoms with van der Waals surface area (Å²) in [6.07, 6.45) is 0. The number of sulfonamides is 1. The van der Waals surface area contributed by atoms with Crippen molar-refractivity contribution in [3.05, 3.63) is 94.8 Å². The average Bonchev–Trinajstić information content (AvgIpc) is 2.87. The average molecular weight is 546 g/mol. The lowest BCUT2D eigenvalue weighted by molar-refractivity contribution is -0.139. The van der Waals surface area contributed by atoms with Crippen molar-refractivity contribution < 1.29 is 22.4 Å². The van der Waals surface area contributed by atoms with Crippen LogP contribution < -0.4 is 9.62 Å². The smallest absolute Gasteiger partial charge is 0.264 e. The van der Waals surface area contributed by atoms with Crippen LogP contribution in [0.1, 0.15) is 25.0 Å². The van der Waals surface area contributed by atoms with Crippen LogP contribution in [0.15, 0.2) is 77.7 Å². The molecule has 3 aromatic rings. The van der Waals surface area contributed by atoms with E-state index in [2.05, 4.69) is 5.32 Å². The lowest BCUT2D eigenvalue weighted by Gasteiger charge is -2.32. The number of nitrogens with one attached hydrogen (secondary N) is 1. The molecule has 0 fully saturated rings. The molecule has 0 aliphatic rings. The molecule has 3 aromatic carbocycles. The van der Waals surface area contributed by atoms with Gasteiger partial charge in [0.05, 0.1) is 10.6 Å². The minimum Gasteiger partial charge on any atom is -0.355 e. The van der Waals surface area contributed by atoms with Crippen LogP contribution >= 0.6 is 11.6 Å². The van der Waals surface area contributed by atoms with Gasteiger partial charge in [-0.3, -0.25) is 13.9 Å². The highest BCUT2D eigenvalue weighted by Gasteiger charge is 2.32. The second-order valence-corrected chi connectivity index (χ2v) is 10.8. The summed E-state index contributed by atoms with van der Waals surface area (Å²) in [5.41, 5.74) is 1.70. The topological polar surface area (TPSA) is 86.8 Å². The monoisotopic (exact) mass is 545 g/mol. The highest BCUT2D eigenvalue weighted by molar-refractivity contribution is 7.92. The van der Waals surface area contributed by atoms with Gasteiger partial charge < -0.3 is 10.2 Å². The summed E-state index contributed by atoms with van der Waals surface area (Å²) in [5, 5.41) is 3.22. The van der Waals surface area contributed by atoms with Gasteiger partial charge >= 0.3 is 0 Å². The number of benzene rings is 3. The molecule has 0 saturated heterocycles. The Kier molecular flexibility index (Phi) is 9.29. The highest BCUT2D eigenvalue weighted by Crippen LogP contribution is 2.25. The minimum absolute atomic E-state index is 0.0174. The van der Waals surface area contributed by atoms with Gasteiger partial charge in [0, 0.05) is 18.1 Å². The first-order valence-electron chi connectivity index (χ1n) is 11.7. The van der Waals surface area contributed by atoms with Crippen molar-refractivity contribution in [2.24, 2.45) is 0 Å². The van der Waals surface area contributed by atoms with E-state index in [9.17, 15) is 22.4 Å². The fraction of sp³-hybridized carbons (Fsp3) is 0.259. The van der Waals surface area contributed by atoms with Crippen molar-refractivity contribution in [3.8, 4) is 0 Å². The molecule has 0 aliphatic heterocycles. The third-order valence-electron chi connectivity index (χ3n) is 5.79. The van der Waals surface area contributed by atoms with E-state index in [1.165, 1.54) is 29.2 Å². The zero-order chi connectivity index (χ0) is 27.2. The van der Waals surface area contributed by atoms with Gasteiger partial charge in [0.15, 0.2) is 0 Å². The largest absolute Gasteiger partial charge is 0.355 e. The molecular formula is C27H29ClFN3O4S. The third kappa shape index (κ3) is 7.08. The van der Waals surface area contributed by atoms with Gasteiger partial charge in [-0.2, -0.15) is 0 Å². The number of anilines is 1. The number of carbonyl (C=O) groups excluding carboxylic acids is 2. The lowest BCUT2D eigenvalue weighted by atomic mass is 10.1. The van der Waals surface area contributed by atoms with Crippen LogP contribution in [0.3, 0.4) is 0 Å². The predicted octanol–water partition coefficient (Wildman–Crippen LogP) is 4.54. The molecule has 1 atom stereocenters. The van der Waals surface area contributed by atoms with E-state index in [1.807, 2.05) is 6.92 Å². The molecule has 2 amide bonds. The van der Waals surface area contributed by atoms with Gasteiger partial charge in [-0.15, -0.1) is 0 Å². The van der Waals surface area contributed by atoms with Crippen molar-refractivity contribution >= 4 is 39.1 Å². The van der Waals surface area contributed by atoms with Gasteiger partial charge in [-0.1, -0.05) is 41.4 Å². The van der Waals surface area contributed by atoms with E-state index in [4.69, 9.17) is 11.6 Å². The summed E-state index contributed by atoms with van der Waals surface area (Å²) >= 11 is 5.99. The van der Waals surface area contributed by atoms with Crippen molar-refractivity contribution in [1.29, 1.82) is 0 Å². The van der Waals surface area contributed by atoms with Crippen LogP contribution in [0.5, 0.6) is 0 Å². The van der Waals surface area contributed by atoms with Crippen LogP contribution in [0.2, 0.25) is 5.02 Å². The molecule has 0 unspecified atom stereocenters. The zero-order valence-electron chi connectivity index (χ0n) is 20.8. The number of hydrogen-bond acceptors (Lipinski definition) is 4. The molecular weight excluding hydrogens is 517 g/mol. The lowest BCUT2D eigenvalue weighted by Crippen LogP contribution is -2.51. The van der Waals surface area contributed by atoms with Crippen molar-refractivity contribution in [1.82, 2.24) is 10.2 Å². The number of nitrogens with zero attached hydrogens (tertiary/aromatic N) is 2. The Balaban J connectivity index is 2.01. The molecule has 1 N–H and O–H groups in total. The summed E-state index contributed by atoms with van der Waals surface area (Å²) < 4.78 is 41.9.